The average molecular weight is 288 g/mol. The van der Waals surface area contributed by atoms with Crippen molar-refractivity contribution in [3.63, 3.8) is 0 Å². The fourth-order valence-electron chi connectivity index (χ4n) is 3.03. The molecule has 0 spiro atoms. The molecule has 2 fully saturated rings. The zero-order valence-corrected chi connectivity index (χ0v) is 11.9. The van der Waals surface area contributed by atoms with Crippen molar-refractivity contribution in [3.05, 3.63) is 29.8 Å². The number of hydrogen-bond donors (Lipinski definition) is 0. The van der Waals surface area contributed by atoms with Crippen LogP contribution in [0.15, 0.2) is 18.2 Å². The fraction of sp³-hybridized carbons (Fsp3) is 0.500. The van der Waals surface area contributed by atoms with Crippen molar-refractivity contribution in [2.75, 3.05) is 6.61 Å². The van der Waals surface area contributed by atoms with Crippen molar-refractivity contribution >= 4 is 17.0 Å². The molecular weight excluding hydrogens is 271 g/mol. The highest BCUT2D eigenvalue weighted by atomic mass is 19.1. The third kappa shape index (κ3) is 1.87. The molecule has 0 N–H and O–H groups in total. The molecule has 2 aliphatic carbocycles. The van der Waals surface area contributed by atoms with Gasteiger partial charge in [-0.05, 0) is 44.7 Å². The number of benzene rings is 1. The number of rotatable bonds is 4. The number of ether oxygens (including phenoxy) is 1. The second-order valence-electron chi connectivity index (χ2n) is 5.97. The SMILES string of the molecule is CCOC(=O)C1(c2nc3cc(F)ccc3n2C2CC2)CC1. The first kappa shape index (κ1) is 12.8. The van der Waals surface area contributed by atoms with Crippen molar-refractivity contribution in [2.24, 2.45) is 0 Å². The third-order valence-electron chi connectivity index (χ3n) is 4.41. The van der Waals surface area contributed by atoms with Crippen LogP contribution in [0.2, 0.25) is 0 Å². The van der Waals surface area contributed by atoms with Crippen LogP contribution in [0.25, 0.3) is 11.0 Å². The Labute approximate surface area is 121 Å². The van der Waals surface area contributed by atoms with Crippen molar-refractivity contribution < 1.29 is 13.9 Å². The number of hydrogen-bond acceptors (Lipinski definition) is 3. The lowest BCUT2D eigenvalue weighted by atomic mass is 10.1. The van der Waals surface area contributed by atoms with Crippen LogP contribution in [-0.2, 0) is 14.9 Å². The summed E-state index contributed by atoms with van der Waals surface area (Å²) in [6.07, 6.45) is 3.72. The van der Waals surface area contributed by atoms with Crippen LogP contribution >= 0.6 is 0 Å². The van der Waals surface area contributed by atoms with E-state index in [4.69, 9.17) is 4.74 Å². The van der Waals surface area contributed by atoms with E-state index >= 15 is 0 Å². The molecule has 21 heavy (non-hydrogen) atoms. The summed E-state index contributed by atoms with van der Waals surface area (Å²) in [7, 11) is 0. The van der Waals surface area contributed by atoms with Gasteiger partial charge in [-0.1, -0.05) is 0 Å². The Hall–Kier alpha value is -1.91. The van der Waals surface area contributed by atoms with Crippen molar-refractivity contribution in [1.29, 1.82) is 0 Å². The Morgan fingerprint density at radius 2 is 2.24 bits per heavy atom. The lowest BCUT2D eigenvalue weighted by Gasteiger charge is -2.15. The number of carbonyl (C=O) groups excluding carboxylic acids is 1. The number of nitrogens with zero attached hydrogens (tertiary/aromatic N) is 2. The number of aromatic nitrogens is 2. The summed E-state index contributed by atoms with van der Waals surface area (Å²) in [5, 5.41) is 0. The van der Waals surface area contributed by atoms with Gasteiger partial charge in [0.1, 0.15) is 17.1 Å². The van der Waals surface area contributed by atoms with E-state index < -0.39 is 5.41 Å². The first-order valence-corrected chi connectivity index (χ1v) is 7.51. The van der Waals surface area contributed by atoms with Gasteiger partial charge in [-0.2, -0.15) is 0 Å². The summed E-state index contributed by atoms with van der Waals surface area (Å²) in [4.78, 5) is 16.9. The van der Waals surface area contributed by atoms with Crippen LogP contribution in [0, 0.1) is 5.82 Å². The summed E-state index contributed by atoms with van der Waals surface area (Å²) in [6.45, 7) is 2.19. The standard InChI is InChI=1S/C16H17FN2O2/c1-2-21-15(20)16(7-8-16)14-18-12-9-10(17)3-6-13(12)19(14)11-4-5-11/h3,6,9,11H,2,4-5,7-8H2,1H3. The van der Waals surface area contributed by atoms with Gasteiger partial charge in [0.25, 0.3) is 0 Å². The second-order valence-corrected chi connectivity index (χ2v) is 5.97. The van der Waals surface area contributed by atoms with Crippen LogP contribution in [0.4, 0.5) is 4.39 Å². The highest BCUT2D eigenvalue weighted by Gasteiger charge is 2.57. The summed E-state index contributed by atoms with van der Waals surface area (Å²) < 4.78 is 20.8. The first-order valence-electron chi connectivity index (χ1n) is 7.51. The maximum absolute atomic E-state index is 13.4. The van der Waals surface area contributed by atoms with Crippen molar-refractivity contribution in [1.82, 2.24) is 9.55 Å². The van der Waals surface area contributed by atoms with E-state index in [0.717, 1.165) is 37.0 Å². The summed E-state index contributed by atoms with van der Waals surface area (Å²) in [6, 6.07) is 5.05. The van der Waals surface area contributed by atoms with Gasteiger partial charge >= 0.3 is 5.97 Å². The molecule has 2 aliphatic rings. The van der Waals surface area contributed by atoms with Gasteiger partial charge < -0.3 is 9.30 Å². The van der Waals surface area contributed by atoms with Gasteiger partial charge in [0.15, 0.2) is 0 Å². The van der Waals surface area contributed by atoms with Gasteiger partial charge in [0, 0.05) is 12.1 Å². The number of imidazole rings is 1. The predicted molar refractivity (Wildman–Crippen MR) is 75.5 cm³/mol. The average Bonchev–Trinajstić information content (AvgIpc) is 3.36. The van der Waals surface area contributed by atoms with E-state index in [9.17, 15) is 9.18 Å². The van der Waals surface area contributed by atoms with E-state index in [1.54, 1.807) is 6.07 Å². The molecule has 5 heteroatoms. The van der Waals surface area contributed by atoms with E-state index in [1.807, 2.05) is 6.92 Å². The summed E-state index contributed by atoms with van der Waals surface area (Å²) in [5.74, 6) is 0.280. The van der Waals surface area contributed by atoms with Crippen LogP contribution in [0.1, 0.15) is 44.5 Å². The maximum Gasteiger partial charge on any atom is 0.319 e. The molecular formula is C16H17FN2O2. The fourth-order valence-corrected chi connectivity index (χ4v) is 3.03. The zero-order chi connectivity index (χ0) is 14.6. The lowest BCUT2D eigenvalue weighted by Crippen LogP contribution is -2.27. The highest BCUT2D eigenvalue weighted by molar-refractivity contribution is 5.88. The number of fused-ring (bicyclic) bond motifs is 1. The van der Waals surface area contributed by atoms with Crippen LogP contribution in [0.3, 0.4) is 0 Å². The smallest absolute Gasteiger partial charge is 0.319 e. The molecule has 1 aromatic heterocycles. The van der Waals surface area contributed by atoms with E-state index in [0.29, 0.717) is 18.2 Å². The van der Waals surface area contributed by atoms with Crippen molar-refractivity contribution in [2.45, 2.75) is 44.1 Å². The van der Waals surface area contributed by atoms with Crippen LogP contribution in [0.5, 0.6) is 0 Å². The molecule has 0 atom stereocenters. The van der Waals surface area contributed by atoms with Gasteiger partial charge in [-0.3, -0.25) is 4.79 Å². The highest BCUT2D eigenvalue weighted by Crippen LogP contribution is 2.52. The Bertz CT molecular complexity index is 729. The third-order valence-corrected chi connectivity index (χ3v) is 4.41. The van der Waals surface area contributed by atoms with Gasteiger partial charge in [0.2, 0.25) is 0 Å². The Balaban J connectivity index is 1.88. The van der Waals surface area contributed by atoms with Crippen molar-refractivity contribution in [3.8, 4) is 0 Å². The number of esters is 1. The quantitative estimate of drug-likeness (QED) is 0.812. The Morgan fingerprint density at radius 1 is 1.48 bits per heavy atom. The molecule has 0 radical (unpaired) electrons. The molecule has 0 saturated heterocycles. The molecule has 1 aromatic carbocycles. The number of carbonyl (C=O) groups is 1. The molecule has 110 valence electrons. The molecule has 0 aliphatic heterocycles. The monoisotopic (exact) mass is 288 g/mol. The molecule has 0 unspecified atom stereocenters. The lowest BCUT2D eigenvalue weighted by molar-refractivity contribution is -0.146. The number of halogens is 1. The molecule has 4 rings (SSSR count). The minimum absolute atomic E-state index is 0.192. The van der Waals surface area contributed by atoms with E-state index in [-0.39, 0.29) is 11.8 Å². The Kier molecular flexibility index (Phi) is 2.62. The zero-order valence-electron chi connectivity index (χ0n) is 11.9. The first-order chi connectivity index (χ1) is 10.2. The maximum atomic E-state index is 13.4. The minimum Gasteiger partial charge on any atom is -0.465 e. The topological polar surface area (TPSA) is 44.1 Å². The minimum atomic E-state index is -0.603. The molecule has 0 bridgehead atoms. The molecule has 2 aromatic rings. The van der Waals surface area contributed by atoms with Gasteiger partial charge in [0.05, 0.1) is 17.6 Å². The Morgan fingerprint density at radius 3 is 2.86 bits per heavy atom. The van der Waals surface area contributed by atoms with E-state index in [2.05, 4.69) is 9.55 Å². The molecule has 2 saturated carbocycles. The molecule has 1 heterocycles. The predicted octanol–water partition coefficient (Wildman–Crippen LogP) is 3.11. The molecule has 4 nitrogen and oxygen atoms in total. The summed E-state index contributed by atoms with van der Waals surface area (Å²) >= 11 is 0. The van der Waals surface area contributed by atoms with E-state index in [1.165, 1.54) is 12.1 Å². The largest absolute Gasteiger partial charge is 0.465 e. The molecule has 0 amide bonds. The summed E-state index contributed by atoms with van der Waals surface area (Å²) in [5.41, 5.74) is 0.950. The normalized spacial score (nSPS) is 19.7. The van der Waals surface area contributed by atoms with Crippen LogP contribution < -0.4 is 0 Å². The van der Waals surface area contributed by atoms with Crippen LogP contribution in [-0.4, -0.2) is 22.1 Å². The van der Waals surface area contributed by atoms with Gasteiger partial charge in [-0.15, -0.1) is 0 Å². The second kappa shape index (κ2) is 4.29. The van der Waals surface area contributed by atoms with Gasteiger partial charge in [-0.25, -0.2) is 9.37 Å².